The third kappa shape index (κ3) is 3.48. The molecule has 1 N–H and O–H groups in total. The van der Waals surface area contributed by atoms with Crippen molar-refractivity contribution in [2.75, 3.05) is 12.5 Å². The van der Waals surface area contributed by atoms with Crippen molar-refractivity contribution in [1.29, 1.82) is 0 Å². The number of halogens is 1. The van der Waals surface area contributed by atoms with E-state index in [1.807, 2.05) is 49.4 Å². The van der Waals surface area contributed by atoms with Crippen LogP contribution in [0, 0.1) is 6.92 Å². The topological polar surface area (TPSA) is 33.6 Å². The van der Waals surface area contributed by atoms with Crippen molar-refractivity contribution < 1.29 is 4.74 Å². The van der Waals surface area contributed by atoms with E-state index in [2.05, 4.69) is 10.5 Å². The second kappa shape index (κ2) is 6.25. The van der Waals surface area contributed by atoms with Gasteiger partial charge >= 0.3 is 0 Å². The number of nitrogens with zero attached hydrogens (tertiary/aromatic N) is 1. The minimum absolute atomic E-state index is 0.727. The standard InChI is InChI=1S/C15H15ClN2O/c1-11-14(16)4-3-5-15(11)18-17-10-12-6-8-13(19-2)9-7-12/h3-10,18H,1-2H3. The lowest BCUT2D eigenvalue weighted by molar-refractivity contribution is 0.415. The zero-order chi connectivity index (χ0) is 13.7. The second-order valence-corrected chi connectivity index (χ2v) is 4.46. The molecule has 19 heavy (non-hydrogen) atoms. The van der Waals surface area contributed by atoms with Gasteiger partial charge in [0.25, 0.3) is 0 Å². The van der Waals surface area contributed by atoms with Gasteiger partial charge in [-0.3, -0.25) is 5.43 Å². The maximum absolute atomic E-state index is 6.04. The summed E-state index contributed by atoms with van der Waals surface area (Å²) in [7, 11) is 1.65. The Morgan fingerprint density at radius 3 is 2.58 bits per heavy atom. The van der Waals surface area contributed by atoms with Gasteiger partial charge in [0.2, 0.25) is 0 Å². The Kier molecular flexibility index (Phi) is 4.42. The van der Waals surface area contributed by atoms with Gasteiger partial charge in [-0.2, -0.15) is 5.10 Å². The van der Waals surface area contributed by atoms with Gasteiger partial charge in [0.1, 0.15) is 5.75 Å². The molecule has 0 saturated heterocycles. The van der Waals surface area contributed by atoms with E-state index in [0.717, 1.165) is 27.6 Å². The average Bonchev–Trinajstić information content (AvgIpc) is 2.44. The van der Waals surface area contributed by atoms with Crippen molar-refractivity contribution >= 4 is 23.5 Å². The molecule has 0 aromatic heterocycles. The van der Waals surface area contributed by atoms with Gasteiger partial charge in [-0.25, -0.2) is 0 Å². The van der Waals surface area contributed by atoms with Crippen LogP contribution in [0.3, 0.4) is 0 Å². The van der Waals surface area contributed by atoms with Crippen LogP contribution in [0.2, 0.25) is 5.02 Å². The first kappa shape index (κ1) is 13.4. The first-order chi connectivity index (χ1) is 9.20. The van der Waals surface area contributed by atoms with Crippen LogP contribution < -0.4 is 10.2 Å². The molecule has 3 nitrogen and oxygen atoms in total. The molecular formula is C15H15ClN2O. The first-order valence-corrected chi connectivity index (χ1v) is 6.27. The highest BCUT2D eigenvalue weighted by molar-refractivity contribution is 6.31. The molecule has 98 valence electrons. The Balaban J connectivity index is 2.04. The van der Waals surface area contributed by atoms with Crippen LogP contribution in [-0.2, 0) is 0 Å². The summed E-state index contributed by atoms with van der Waals surface area (Å²) >= 11 is 6.04. The highest BCUT2D eigenvalue weighted by Gasteiger charge is 1.99. The van der Waals surface area contributed by atoms with E-state index in [4.69, 9.17) is 16.3 Å². The molecule has 0 amide bonds. The fourth-order valence-electron chi connectivity index (χ4n) is 1.59. The van der Waals surface area contributed by atoms with Crippen LogP contribution in [0.4, 0.5) is 5.69 Å². The molecule has 0 saturated carbocycles. The van der Waals surface area contributed by atoms with Gasteiger partial charge in [-0.15, -0.1) is 0 Å². The number of methoxy groups -OCH3 is 1. The van der Waals surface area contributed by atoms with Crippen molar-refractivity contribution in [2.24, 2.45) is 5.10 Å². The number of ether oxygens (including phenoxy) is 1. The minimum atomic E-state index is 0.727. The molecule has 0 atom stereocenters. The lowest BCUT2D eigenvalue weighted by atomic mass is 10.2. The normalized spacial score (nSPS) is 10.7. The number of anilines is 1. The molecule has 2 aromatic rings. The molecule has 0 aliphatic rings. The summed E-state index contributed by atoms with van der Waals surface area (Å²) in [5, 5.41) is 4.92. The molecule has 0 spiro atoms. The zero-order valence-electron chi connectivity index (χ0n) is 10.9. The second-order valence-electron chi connectivity index (χ2n) is 4.06. The first-order valence-electron chi connectivity index (χ1n) is 5.89. The summed E-state index contributed by atoms with van der Waals surface area (Å²) in [5.74, 6) is 0.829. The number of hydrazone groups is 1. The summed E-state index contributed by atoms with van der Waals surface area (Å²) in [5.41, 5.74) is 5.86. The third-order valence-corrected chi connectivity index (χ3v) is 3.19. The van der Waals surface area contributed by atoms with Gasteiger partial charge in [0.15, 0.2) is 0 Å². The third-order valence-electron chi connectivity index (χ3n) is 2.78. The van der Waals surface area contributed by atoms with Gasteiger partial charge in [0.05, 0.1) is 19.0 Å². The molecule has 4 heteroatoms. The summed E-state index contributed by atoms with van der Waals surface area (Å²) in [6, 6.07) is 13.4. The van der Waals surface area contributed by atoms with Crippen molar-refractivity contribution in [3.63, 3.8) is 0 Å². The molecular weight excluding hydrogens is 260 g/mol. The van der Waals surface area contributed by atoms with Crippen LogP contribution >= 0.6 is 11.6 Å². The highest BCUT2D eigenvalue weighted by Crippen LogP contribution is 2.22. The number of hydrogen-bond donors (Lipinski definition) is 1. The van der Waals surface area contributed by atoms with E-state index in [1.165, 1.54) is 0 Å². The number of benzene rings is 2. The Labute approximate surface area is 117 Å². The average molecular weight is 275 g/mol. The number of hydrogen-bond acceptors (Lipinski definition) is 3. The molecule has 0 bridgehead atoms. The van der Waals surface area contributed by atoms with Gasteiger partial charge in [0, 0.05) is 5.02 Å². The van der Waals surface area contributed by atoms with Crippen LogP contribution in [0.15, 0.2) is 47.6 Å². The summed E-state index contributed by atoms with van der Waals surface area (Å²) in [4.78, 5) is 0. The Hall–Kier alpha value is -2.00. The predicted molar refractivity (Wildman–Crippen MR) is 80.4 cm³/mol. The van der Waals surface area contributed by atoms with E-state index >= 15 is 0 Å². The highest BCUT2D eigenvalue weighted by atomic mass is 35.5. The minimum Gasteiger partial charge on any atom is -0.497 e. The molecule has 2 rings (SSSR count). The Morgan fingerprint density at radius 1 is 1.16 bits per heavy atom. The summed E-state index contributed by atoms with van der Waals surface area (Å²) in [6.45, 7) is 1.95. The van der Waals surface area contributed by atoms with Crippen LogP contribution in [0.5, 0.6) is 5.75 Å². The monoisotopic (exact) mass is 274 g/mol. The van der Waals surface area contributed by atoms with Crippen molar-refractivity contribution in [3.05, 3.63) is 58.6 Å². The fraction of sp³-hybridized carbons (Fsp3) is 0.133. The van der Waals surface area contributed by atoms with E-state index in [9.17, 15) is 0 Å². The maximum atomic E-state index is 6.04. The molecule has 2 aromatic carbocycles. The molecule has 0 fully saturated rings. The van der Waals surface area contributed by atoms with E-state index < -0.39 is 0 Å². The molecule has 0 aliphatic heterocycles. The lowest BCUT2D eigenvalue weighted by Crippen LogP contribution is -1.93. The Bertz CT molecular complexity index is 579. The quantitative estimate of drug-likeness (QED) is 0.673. The smallest absolute Gasteiger partial charge is 0.118 e. The van der Waals surface area contributed by atoms with Crippen molar-refractivity contribution in [1.82, 2.24) is 0 Å². The van der Waals surface area contributed by atoms with E-state index in [-0.39, 0.29) is 0 Å². The molecule has 0 aliphatic carbocycles. The van der Waals surface area contributed by atoms with Crippen molar-refractivity contribution in [3.8, 4) is 5.75 Å². The molecule has 0 unspecified atom stereocenters. The van der Waals surface area contributed by atoms with E-state index in [0.29, 0.717) is 0 Å². The maximum Gasteiger partial charge on any atom is 0.118 e. The predicted octanol–water partition coefficient (Wildman–Crippen LogP) is 4.10. The SMILES string of the molecule is COc1ccc(C=NNc2cccc(Cl)c2C)cc1. The number of nitrogens with one attached hydrogen (secondary N) is 1. The van der Waals surface area contributed by atoms with Crippen LogP contribution in [-0.4, -0.2) is 13.3 Å². The molecule has 0 heterocycles. The van der Waals surface area contributed by atoms with Crippen LogP contribution in [0.25, 0.3) is 0 Å². The van der Waals surface area contributed by atoms with Gasteiger partial charge in [-0.1, -0.05) is 17.7 Å². The number of rotatable bonds is 4. The van der Waals surface area contributed by atoms with E-state index in [1.54, 1.807) is 13.3 Å². The van der Waals surface area contributed by atoms with Crippen molar-refractivity contribution in [2.45, 2.75) is 6.92 Å². The summed E-state index contributed by atoms with van der Waals surface area (Å²) in [6.07, 6.45) is 1.75. The molecule has 0 radical (unpaired) electrons. The van der Waals surface area contributed by atoms with Crippen LogP contribution in [0.1, 0.15) is 11.1 Å². The Morgan fingerprint density at radius 2 is 1.89 bits per heavy atom. The lowest BCUT2D eigenvalue weighted by Gasteiger charge is -2.05. The largest absolute Gasteiger partial charge is 0.497 e. The fourth-order valence-corrected chi connectivity index (χ4v) is 1.77. The zero-order valence-corrected chi connectivity index (χ0v) is 11.6. The summed E-state index contributed by atoms with van der Waals surface area (Å²) < 4.78 is 5.10. The van der Waals surface area contributed by atoms with Gasteiger partial charge in [-0.05, 0) is 54.4 Å². The van der Waals surface area contributed by atoms with Gasteiger partial charge < -0.3 is 4.74 Å².